The third kappa shape index (κ3) is 2.55. The number of para-hydroxylation sites is 2. The molecule has 0 unspecified atom stereocenters. The number of aromatic nitrogens is 1. The number of carbonyl (C=O) groups excluding carboxylic acids is 1. The van der Waals surface area contributed by atoms with E-state index in [0.717, 1.165) is 10.9 Å². The molecule has 0 bridgehead atoms. The normalized spacial score (nSPS) is 10.6. The van der Waals surface area contributed by atoms with E-state index < -0.39 is 0 Å². The first kappa shape index (κ1) is 14.2. The van der Waals surface area contributed by atoms with Crippen molar-refractivity contribution in [3.8, 4) is 5.75 Å². The van der Waals surface area contributed by atoms with Crippen LogP contribution in [-0.2, 0) is 7.05 Å². The Morgan fingerprint density at radius 2 is 1.95 bits per heavy atom. The number of anilines is 1. The van der Waals surface area contributed by atoms with Gasteiger partial charge in [0.15, 0.2) is 0 Å². The number of rotatable bonds is 4. The third-order valence-corrected chi connectivity index (χ3v) is 3.61. The summed E-state index contributed by atoms with van der Waals surface area (Å²) < 4.78 is 7.55. The zero-order valence-electron chi connectivity index (χ0n) is 12.7. The quantitative estimate of drug-likeness (QED) is 0.794. The van der Waals surface area contributed by atoms with Crippen LogP contribution < -0.4 is 10.1 Å². The van der Waals surface area contributed by atoms with E-state index in [-0.39, 0.29) is 5.91 Å². The Kier molecular flexibility index (Phi) is 3.83. The Balaban J connectivity index is 1.94. The van der Waals surface area contributed by atoms with E-state index in [1.165, 1.54) is 0 Å². The summed E-state index contributed by atoms with van der Waals surface area (Å²) in [5, 5.41) is 3.88. The SMILES string of the molecule is CCOc1ccccc1NC(=O)c1cccc2c1ccn2C. The van der Waals surface area contributed by atoms with Crippen LogP contribution in [0.2, 0.25) is 0 Å². The molecule has 1 N–H and O–H groups in total. The summed E-state index contributed by atoms with van der Waals surface area (Å²) in [4.78, 5) is 12.6. The lowest BCUT2D eigenvalue weighted by molar-refractivity contribution is 0.102. The first-order chi connectivity index (χ1) is 10.7. The largest absolute Gasteiger partial charge is 0.492 e. The first-order valence-corrected chi connectivity index (χ1v) is 7.28. The standard InChI is InChI=1S/C18H18N2O2/c1-3-22-17-10-5-4-8-15(17)19-18(21)14-7-6-9-16-13(14)11-12-20(16)2/h4-12H,3H2,1-2H3,(H,19,21). The lowest BCUT2D eigenvalue weighted by Gasteiger charge is -2.11. The summed E-state index contributed by atoms with van der Waals surface area (Å²) in [7, 11) is 1.97. The molecule has 0 saturated heterocycles. The van der Waals surface area contributed by atoms with Crippen LogP contribution in [0.5, 0.6) is 5.75 Å². The van der Waals surface area contributed by atoms with Gasteiger partial charge in [-0.1, -0.05) is 18.2 Å². The fraction of sp³-hybridized carbons (Fsp3) is 0.167. The highest BCUT2D eigenvalue weighted by Crippen LogP contribution is 2.26. The molecule has 1 amide bonds. The summed E-state index contributed by atoms with van der Waals surface area (Å²) in [6, 6.07) is 15.1. The number of hydrogen-bond donors (Lipinski definition) is 1. The molecule has 3 rings (SSSR count). The van der Waals surface area contributed by atoms with Gasteiger partial charge in [-0.2, -0.15) is 0 Å². The van der Waals surface area contributed by atoms with E-state index in [2.05, 4.69) is 5.32 Å². The summed E-state index contributed by atoms with van der Waals surface area (Å²) in [5.74, 6) is 0.544. The van der Waals surface area contributed by atoms with Gasteiger partial charge in [-0.3, -0.25) is 4.79 Å². The third-order valence-electron chi connectivity index (χ3n) is 3.61. The van der Waals surface area contributed by atoms with Crippen molar-refractivity contribution >= 4 is 22.5 Å². The average molecular weight is 294 g/mol. The van der Waals surface area contributed by atoms with Crippen LogP contribution in [0.25, 0.3) is 10.9 Å². The number of aryl methyl sites for hydroxylation is 1. The maximum absolute atomic E-state index is 12.6. The summed E-state index contributed by atoms with van der Waals surface area (Å²) >= 11 is 0. The van der Waals surface area contributed by atoms with E-state index in [4.69, 9.17) is 4.74 Å². The lowest BCUT2D eigenvalue weighted by Crippen LogP contribution is -2.13. The predicted molar refractivity (Wildman–Crippen MR) is 88.5 cm³/mol. The fourth-order valence-electron chi connectivity index (χ4n) is 2.54. The van der Waals surface area contributed by atoms with Crippen molar-refractivity contribution in [2.75, 3.05) is 11.9 Å². The van der Waals surface area contributed by atoms with Gasteiger partial charge in [-0.05, 0) is 37.3 Å². The average Bonchev–Trinajstić information content (AvgIpc) is 2.91. The molecule has 1 aromatic heterocycles. The minimum Gasteiger partial charge on any atom is -0.492 e. The second kappa shape index (κ2) is 5.93. The molecule has 0 aliphatic heterocycles. The first-order valence-electron chi connectivity index (χ1n) is 7.28. The van der Waals surface area contributed by atoms with Gasteiger partial charge in [0.05, 0.1) is 12.3 Å². The highest BCUT2D eigenvalue weighted by molar-refractivity contribution is 6.13. The van der Waals surface area contributed by atoms with Crippen LogP contribution in [-0.4, -0.2) is 17.1 Å². The van der Waals surface area contributed by atoms with Gasteiger partial charge in [-0.15, -0.1) is 0 Å². The molecule has 112 valence electrons. The molecule has 1 heterocycles. The molecule has 0 fully saturated rings. The van der Waals surface area contributed by atoms with E-state index in [1.54, 1.807) is 0 Å². The van der Waals surface area contributed by atoms with E-state index >= 15 is 0 Å². The Morgan fingerprint density at radius 1 is 1.14 bits per heavy atom. The van der Waals surface area contributed by atoms with Crippen LogP contribution in [0.4, 0.5) is 5.69 Å². The van der Waals surface area contributed by atoms with Gasteiger partial charge in [0, 0.05) is 29.7 Å². The maximum Gasteiger partial charge on any atom is 0.256 e. The van der Waals surface area contributed by atoms with Crippen molar-refractivity contribution in [2.45, 2.75) is 6.92 Å². The monoisotopic (exact) mass is 294 g/mol. The zero-order chi connectivity index (χ0) is 15.5. The predicted octanol–water partition coefficient (Wildman–Crippen LogP) is 3.83. The highest BCUT2D eigenvalue weighted by Gasteiger charge is 2.13. The van der Waals surface area contributed by atoms with Crippen molar-refractivity contribution in [3.05, 3.63) is 60.3 Å². The number of carbonyl (C=O) groups is 1. The van der Waals surface area contributed by atoms with Crippen molar-refractivity contribution in [2.24, 2.45) is 7.05 Å². The molecule has 0 saturated carbocycles. The second-order valence-corrected chi connectivity index (χ2v) is 5.05. The Morgan fingerprint density at radius 3 is 2.77 bits per heavy atom. The molecule has 2 aromatic carbocycles. The van der Waals surface area contributed by atoms with E-state index in [0.29, 0.717) is 23.6 Å². The van der Waals surface area contributed by atoms with Crippen LogP contribution in [0.3, 0.4) is 0 Å². The number of hydrogen-bond acceptors (Lipinski definition) is 2. The number of benzene rings is 2. The van der Waals surface area contributed by atoms with Crippen molar-refractivity contribution < 1.29 is 9.53 Å². The molecule has 4 heteroatoms. The Labute approximate surface area is 129 Å². The van der Waals surface area contributed by atoms with Gasteiger partial charge < -0.3 is 14.6 Å². The number of amides is 1. The molecule has 3 aromatic rings. The number of nitrogens with one attached hydrogen (secondary N) is 1. The lowest BCUT2D eigenvalue weighted by atomic mass is 10.1. The van der Waals surface area contributed by atoms with Gasteiger partial charge >= 0.3 is 0 Å². The number of ether oxygens (including phenoxy) is 1. The highest BCUT2D eigenvalue weighted by atomic mass is 16.5. The number of fused-ring (bicyclic) bond motifs is 1. The van der Waals surface area contributed by atoms with Crippen molar-refractivity contribution in [1.29, 1.82) is 0 Å². The van der Waals surface area contributed by atoms with Gasteiger partial charge in [-0.25, -0.2) is 0 Å². The van der Waals surface area contributed by atoms with Gasteiger partial charge in [0.1, 0.15) is 5.75 Å². The topological polar surface area (TPSA) is 43.3 Å². The summed E-state index contributed by atoms with van der Waals surface area (Å²) in [6.45, 7) is 2.48. The smallest absolute Gasteiger partial charge is 0.256 e. The van der Waals surface area contributed by atoms with Crippen molar-refractivity contribution in [1.82, 2.24) is 4.57 Å². The van der Waals surface area contributed by atoms with Gasteiger partial charge in [0.2, 0.25) is 0 Å². The van der Waals surface area contributed by atoms with Crippen LogP contribution in [0, 0.1) is 0 Å². The number of nitrogens with zero attached hydrogens (tertiary/aromatic N) is 1. The van der Waals surface area contributed by atoms with Crippen LogP contribution in [0.1, 0.15) is 17.3 Å². The molecule has 0 aliphatic rings. The zero-order valence-corrected chi connectivity index (χ0v) is 12.7. The van der Waals surface area contributed by atoms with Crippen LogP contribution in [0.15, 0.2) is 54.7 Å². The van der Waals surface area contributed by atoms with E-state index in [9.17, 15) is 4.79 Å². The molecular formula is C18H18N2O2. The fourth-order valence-corrected chi connectivity index (χ4v) is 2.54. The molecule has 0 radical (unpaired) electrons. The van der Waals surface area contributed by atoms with Crippen molar-refractivity contribution in [3.63, 3.8) is 0 Å². The molecule has 0 spiro atoms. The molecular weight excluding hydrogens is 276 g/mol. The summed E-state index contributed by atoms with van der Waals surface area (Å²) in [6.07, 6.45) is 1.95. The Bertz CT molecular complexity index is 821. The second-order valence-electron chi connectivity index (χ2n) is 5.05. The maximum atomic E-state index is 12.6. The molecule has 22 heavy (non-hydrogen) atoms. The minimum absolute atomic E-state index is 0.135. The molecule has 0 atom stereocenters. The van der Waals surface area contributed by atoms with Crippen LogP contribution >= 0.6 is 0 Å². The minimum atomic E-state index is -0.135. The Hall–Kier alpha value is -2.75. The van der Waals surface area contributed by atoms with E-state index in [1.807, 2.05) is 73.3 Å². The summed E-state index contributed by atoms with van der Waals surface area (Å²) in [5.41, 5.74) is 2.37. The molecule has 4 nitrogen and oxygen atoms in total. The van der Waals surface area contributed by atoms with Gasteiger partial charge in [0.25, 0.3) is 5.91 Å². The molecule has 0 aliphatic carbocycles.